The Bertz CT molecular complexity index is 1410. The summed E-state index contributed by atoms with van der Waals surface area (Å²) in [7, 11) is 5.42. The Balaban J connectivity index is 1.80. The lowest BCUT2D eigenvalue weighted by Gasteiger charge is -2.10. The number of ether oxygens (including phenoxy) is 1. The lowest BCUT2D eigenvalue weighted by atomic mass is 10.1. The molecule has 0 saturated heterocycles. The molecule has 8 nitrogen and oxygen atoms in total. The Kier molecular flexibility index (Phi) is 7.20. The summed E-state index contributed by atoms with van der Waals surface area (Å²) >= 11 is 0. The van der Waals surface area contributed by atoms with Crippen molar-refractivity contribution < 1.29 is 17.9 Å². The number of hydrogen-bond donors (Lipinski definition) is 1. The van der Waals surface area contributed by atoms with Crippen molar-refractivity contribution in [3.8, 4) is 34.1 Å². The van der Waals surface area contributed by atoms with Gasteiger partial charge in [-0.1, -0.05) is 12.1 Å². The molecule has 0 bridgehead atoms. The fraction of sp³-hybridized carbons (Fsp3) is 0.280. The normalized spacial score (nSPS) is 11.8. The Morgan fingerprint density at radius 1 is 1.08 bits per heavy atom. The van der Waals surface area contributed by atoms with E-state index in [9.17, 15) is 18.0 Å². The van der Waals surface area contributed by atoms with Crippen LogP contribution < -0.4 is 10.3 Å². The van der Waals surface area contributed by atoms with Gasteiger partial charge in [0.2, 0.25) is 0 Å². The van der Waals surface area contributed by atoms with E-state index in [0.717, 1.165) is 25.2 Å². The van der Waals surface area contributed by atoms with Crippen molar-refractivity contribution in [3.05, 3.63) is 76.6 Å². The second-order valence-corrected chi connectivity index (χ2v) is 8.38. The molecular formula is C25H25F3N6O2. The van der Waals surface area contributed by atoms with Gasteiger partial charge in [-0.2, -0.15) is 18.3 Å². The molecule has 188 valence electrons. The molecule has 4 aromatic rings. The third-order valence-corrected chi connectivity index (χ3v) is 5.48. The van der Waals surface area contributed by atoms with Crippen LogP contribution in [0.5, 0.6) is 5.75 Å². The molecule has 0 spiro atoms. The molecule has 0 aliphatic rings. The molecule has 4 rings (SSSR count). The van der Waals surface area contributed by atoms with Crippen LogP contribution in [0.1, 0.15) is 17.9 Å². The molecule has 0 amide bonds. The third kappa shape index (κ3) is 5.46. The standard InChI is InChI=1S/C25H25F3N6O2/c1-33(2)14-6-9-22-31-23(34(32-22)16-12-13-29-21(15-16)25(26,27)28)18-10-11-19(30-24(18)35)17-7-4-5-8-20(17)36-3/h4-5,7-8,10-13,15H,6,9,14H2,1-3H3,(H,30,35). The van der Waals surface area contributed by atoms with E-state index in [-0.39, 0.29) is 17.1 Å². The number of para-hydroxylation sites is 1. The summed E-state index contributed by atoms with van der Waals surface area (Å²) in [4.78, 5) is 26.0. The van der Waals surface area contributed by atoms with Crippen molar-refractivity contribution in [2.45, 2.75) is 19.0 Å². The molecule has 0 aliphatic carbocycles. The average molecular weight is 499 g/mol. The maximum absolute atomic E-state index is 13.3. The van der Waals surface area contributed by atoms with Gasteiger partial charge in [-0.25, -0.2) is 9.67 Å². The number of methoxy groups -OCH3 is 1. The summed E-state index contributed by atoms with van der Waals surface area (Å²) in [6.45, 7) is 0.783. The highest BCUT2D eigenvalue weighted by Crippen LogP contribution is 2.30. The van der Waals surface area contributed by atoms with Crippen molar-refractivity contribution in [2.75, 3.05) is 27.7 Å². The number of aromatic amines is 1. The SMILES string of the molecule is COc1ccccc1-c1ccc(-c2nc(CCCN(C)C)nn2-c2ccnc(C(F)(F)F)c2)c(=O)[nH]1. The lowest BCUT2D eigenvalue weighted by molar-refractivity contribution is -0.141. The first-order valence-electron chi connectivity index (χ1n) is 11.2. The summed E-state index contributed by atoms with van der Waals surface area (Å²) in [6, 6.07) is 12.8. The average Bonchev–Trinajstić information content (AvgIpc) is 3.27. The number of aromatic nitrogens is 5. The highest BCUT2D eigenvalue weighted by atomic mass is 19.4. The Morgan fingerprint density at radius 3 is 2.56 bits per heavy atom. The number of hydrogen-bond acceptors (Lipinski definition) is 6. The number of alkyl halides is 3. The van der Waals surface area contributed by atoms with E-state index < -0.39 is 17.4 Å². The van der Waals surface area contributed by atoms with Crippen LogP contribution in [0, 0.1) is 0 Å². The number of halogens is 3. The minimum atomic E-state index is -4.63. The third-order valence-electron chi connectivity index (χ3n) is 5.48. The van der Waals surface area contributed by atoms with Gasteiger partial charge in [0.05, 0.1) is 24.1 Å². The molecule has 11 heteroatoms. The van der Waals surface area contributed by atoms with Crippen LogP contribution in [0.25, 0.3) is 28.3 Å². The van der Waals surface area contributed by atoms with E-state index in [2.05, 4.69) is 20.1 Å². The number of pyridine rings is 2. The van der Waals surface area contributed by atoms with Crippen LogP contribution in [-0.2, 0) is 12.6 Å². The summed E-state index contributed by atoms with van der Waals surface area (Å²) in [6.07, 6.45) is -2.33. The maximum Gasteiger partial charge on any atom is 0.433 e. The fourth-order valence-corrected chi connectivity index (χ4v) is 3.75. The lowest BCUT2D eigenvalue weighted by Crippen LogP contribution is -2.14. The van der Waals surface area contributed by atoms with Crippen molar-refractivity contribution in [3.63, 3.8) is 0 Å². The van der Waals surface area contributed by atoms with Gasteiger partial charge in [-0.3, -0.25) is 9.78 Å². The van der Waals surface area contributed by atoms with Crippen molar-refractivity contribution in [1.29, 1.82) is 0 Å². The van der Waals surface area contributed by atoms with Crippen LogP contribution in [0.15, 0.2) is 59.5 Å². The van der Waals surface area contributed by atoms with E-state index >= 15 is 0 Å². The maximum atomic E-state index is 13.3. The van der Waals surface area contributed by atoms with E-state index in [1.54, 1.807) is 18.2 Å². The molecule has 3 heterocycles. The second kappa shape index (κ2) is 10.3. The predicted molar refractivity (Wildman–Crippen MR) is 129 cm³/mol. The van der Waals surface area contributed by atoms with E-state index in [0.29, 0.717) is 29.3 Å². The summed E-state index contributed by atoms with van der Waals surface area (Å²) in [5.74, 6) is 1.15. The molecule has 0 saturated carbocycles. The number of aryl methyl sites for hydroxylation is 1. The predicted octanol–water partition coefficient (Wildman–Crippen LogP) is 4.21. The minimum absolute atomic E-state index is 0.104. The number of rotatable bonds is 8. The summed E-state index contributed by atoms with van der Waals surface area (Å²) in [5.41, 5.74) is -0.0227. The molecule has 36 heavy (non-hydrogen) atoms. The topological polar surface area (TPSA) is 88.9 Å². The summed E-state index contributed by atoms with van der Waals surface area (Å²) in [5, 5.41) is 4.45. The Labute approximate surface area is 205 Å². The van der Waals surface area contributed by atoms with Gasteiger partial charge in [0, 0.05) is 18.2 Å². The van der Waals surface area contributed by atoms with Crippen molar-refractivity contribution in [2.24, 2.45) is 0 Å². The van der Waals surface area contributed by atoms with Crippen LogP contribution in [0.4, 0.5) is 13.2 Å². The molecule has 0 aliphatic heterocycles. The first-order chi connectivity index (χ1) is 17.2. The first-order valence-corrected chi connectivity index (χ1v) is 11.2. The number of nitrogens with one attached hydrogen (secondary N) is 1. The molecule has 3 aromatic heterocycles. The fourth-order valence-electron chi connectivity index (χ4n) is 3.75. The number of benzene rings is 1. The summed E-state index contributed by atoms with van der Waals surface area (Å²) < 4.78 is 46.6. The van der Waals surface area contributed by atoms with Gasteiger partial charge in [0.25, 0.3) is 5.56 Å². The van der Waals surface area contributed by atoms with Gasteiger partial charge in [0.15, 0.2) is 11.6 Å². The van der Waals surface area contributed by atoms with E-state index in [1.807, 2.05) is 37.2 Å². The van der Waals surface area contributed by atoms with Crippen LogP contribution >= 0.6 is 0 Å². The zero-order valence-electron chi connectivity index (χ0n) is 20.0. The molecule has 0 fully saturated rings. The quantitative estimate of drug-likeness (QED) is 0.392. The zero-order valence-corrected chi connectivity index (χ0v) is 20.0. The molecule has 0 atom stereocenters. The van der Waals surface area contributed by atoms with Crippen molar-refractivity contribution >= 4 is 0 Å². The van der Waals surface area contributed by atoms with Gasteiger partial charge in [-0.05, 0) is 63.5 Å². The Hall–Kier alpha value is -3.99. The molecule has 1 N–H and O–H groups in total. The highest BCUT2D eigenvalue weighted by molar-refractivity contribution is 5.69. The molecular weight excluding hydrogens is 473 g/mol. The van der Waals surface area contributed by atoms with Crippen LogP contribution in [0.3, 0.4) is 0 Å². The van der Waals surface area contributed by atoms with Gasteiger partial charge < -0.3 is 14.6 Å². The van der Waals surface area contributed by atoms with Crippen LogP contribution in [-0.4, -0.2) is 57.4 Å². The largest absolute Gasteiger partial charge is 0.496 e. The minimum Gasteiger partial charge on any atom is -0.496 e. The monoisotopic (exact) mass is 498 g/mol. The van der Waals surface area contributed by atoms with E-state index in [1.165, 1.54) is 17.9 Å². The smallest absolute Gasteiger partial charge is 0.433 e. The molecule has 0 unspecified atom stereocenters. The number of H-pyrrole nitrogens is 1. The second-order valence-electron chi connectivity index (χ2n) is 8.38. The Morgan fingerprint density at radius 2 is 1.86 bits per heavy atom. The number of nitrogens with zero attached hydrogens (tertiary/aromatic N) is 5. The van der Waals surface area contributed by atoms with Crippen molar-refractivity contribution in [1.82, 2.24) is 29.6 Å². The molecule has 1 aromatic carbocycles. The first kappa shape index (κ1) is 25.1. The zero-order chi connectivity index (χ0) is 25.9. The van der Waals surface area contributed by atoms with Crippen LogP contribution in [0.2, 0.25) is 0 Å². The van der Waals surface area contributed by atoms with E-state index in [4.69, 9.17) is 4.74 Å². The van der Waals surface area contributed by atoms with Gasteiger partial charge in [0.1, 0.15) is 11.4 Å². The van der Waals surface area contributed by atoms with Gasteiger partial charge >= 0.3 is 6.18 Å². The highest BCUT2D eigenvalue weighted by Gasteiger charge is 2.33. The molecule has 0 radical (unpaired) electrons. The van der Waals surface area contributed by atoms with Gasteiger partial charge in [-0.15, -0.1) is 0 Å².